The van der Waals surface area contributed by atoms with E-state index >= 15 is 0 Å². The van der Waals surface area contributed by atoms with Gasteiger partial charge in [-0.15, -0.1) is 11.3 Å². The van der Waals surface area contributed by atoms with Crippen molar-refractivity contribution in [3.63, 3.8) is 0 Å². The molecule has 8 bridgehead atoms. The summed E-state index contributed by atoms with van der Waals surface area (Å²) in [5.74, 6) is 6.92. The normalized spacial score (nSPS) is 29.2. The third-order valence-corrected chi connectivity index (χ3v) is 15.3. The largest absolute Gasteiger partial charge is 0.489 e. The first-order valence-corrected chi connectivity index (χ1v) is 23.4. The molecular formula is C48H56FN7O6S. The number of carbonyl (C=O) groups is 3. The number of thiazole rings is 1. The van der Waals surface area contributed by atoms with E-state index in [-0.39, 0.29) is 60.7 Å². The van der Waals surface area contributed by atoms with Gasteiger partial charge in [0.1, 0.15) is 30.6 Å². The zero-order valence-corrected chi connectivity index (χ0v) is 37.6. The van der Waals surface area contributed by atoms with Gasteiger partial charge in [-0.05, 0) is 74.1 Å². The number of nitrogens with one attached hydrogen (secondary N) is 2. The van der Waals surface area contributed by atoms with Gasteiger partial charge in [0.2, 0.25) is 5.91 Å². The summed E-state index contributed by atoms with van der Waals surface area (Å²) in [4.78, 5) is 54.3. The third kappa shape index (κ3) is 7.80. The lowest BCUT2D eigenvalue weighted by Crippen LogP contribution is -2.71. The van der Waals surface area contributed by atoms with E-state index < -0.39 is 29.6 Å². The highest BCUT2D eigenvalue weighted by Crippen LogP contribution is 2.48. The SMILES string of the molecule is CO[C@@H](C)c1ncc(C#CCN2CCC(F)C2)cc1-c1c2c3cc(cc4c3n1CCO4)-c1csc(n1)C[C@H](NC(=O)C1[C@@H](C)[C@H]1C)C(=O)N1N[C@H](C(=O)OCC(C)(C)C2)C2CC1C2. The smallest absolute Gasteiger partial charge is 0.325 e. The molecule has 5 fully saturated rings. The number of likely N-dealkylation sites (tertiary alicyclic amines) is 1. The molecule has 2 saturated carbocycles. The van der Waals surface area contributed by atoms with Crippen LogP contribution in [0.15, 0.2) is 29.8 Å². The molecule has 8 heterocycles. The Bertz CT molecular complexity index is 2550. The molecule has 0 radical (unpaired) electrons. The predicted molar refractivity (Wildman–Crippen MR) is 236 cm³/mol. The van der Waals surface area contributed by atoms with Crippen molar-refractivity contribution in [2.75, 3.05) is 40.0 Å². The molecule has 13 nitrogen and oxygen atoms in total. The van der Waals surface area contributed by atoms with Crippen LogP contribution in [0.25, 0.3) is 33.4 Å². The van der Waals surface area contributed by atoms with Gasteiger partial charge in [0.25, 0.3) is 5.91 Å². The number of fused-ring (bicyclic) bond motifs is 4. The topological polar surface area (TPSA) is 140 Å². The number of carbonyl (C=O) groups excluding carboxylic acids is 3. The Hall–Kier alpha value is -4.88. The van der Waals surface area contributed by atoms with Gasteiger partial charge in [-0.1, -0.05) is 39.5 Å². The van der Waals surface area contributed by atoms with Gasteiger partial charge in [0.15, 0.2) is 0 Å². The molecule has 3 saturated heterocycles. The van der Waals surface area contributed by atoms with Crippen molar-refractivity contribution in [2.45, 2.75) is 104 Å². The van der Waals surface area contributed by atoms with E-state index in [1.807, 2.05) is 23.3 Å². The van der Waals surface area contributed by atoms with E-state index in [0.717, 1.165) is 56.0 Å². The van der Waals surface area contributed by atoms with Crippen LogP contribution in [-0.4, -0.2) is 106 Å². The Morgan fingerprint density at radius 2 is 1.97 bits per heavy atom. The second kappa shape index (κ2) is 16.3. The summed E-state index contributed by atoms with van der Waals surface area (Å²) >= 11 is 1.46. The number of esters is 1. The second-order valence-electron chi connectivity index (χ2n) is 19.4. The molecule has 7 aliphatic rings. The van der Waals surface area contributed by atoms with Crippen molar-refractivity contribution in [2.24, 2.45) is 29.1 Å². The number of methoxy groups -OCH3 is 1. The molecule has 5 aliphatic heterocycles. The molecule has 2 aliphatic carbocycles. The molecule has 63 heavy (non-hydrogen) atoms. The predicted octanol–water partition coefficient (Wildman–Crippen LogP) is 5.87. The van der Waals surface area contributed by atoms with Crippen molar-refractivity contribution in [1.82, 2.24) is 35.2 Å². The Labute approximate surface area is 371 Å². The number of hydrogen-bond acceptors (Lipinski definition) is 11. The summed E-state index contributed by atoms with van der Waals surface area (Å²) in [6.07, 6.45) is 3.29. The van der Waals surface area contributed by atoms with Crippen LogP contribution in [0.2, 0.25) is 0 Å². The van der Waals surface area contributed by atoms with Crippen LogP contribution < -0.4 is 15.5 Å². The highest BCUT2D eigenvalue weighted by Gasteiger charge is 2.53. The number of rotatable bonds is 6. The summed E-state index contributed by atoms with van der Waals surface area (Å²) in [5.41, 5.74) is 9.74. The number of ether oxygens (including phenoxy) is 3. The minimum atomic E-state index is -0.869. The van der Waals surface area contributed by atoms with E-state index in [4.69, 9.17) is 24.2 Å². The lowest BCUT2D eigenvalue weighted by molar-refractivity contribution is -0.171. The first-order chi connectivity index (χ1) is 30.3. The molecule has 2 N–H and O–H groups in total. The number of benzene rings is 1. The van der Waals surface area contributed by atoms with Gasteiger partial charge in [-0.25, -0.2) is 14.8 Å². The number of halogens is 1. The molecule has 15 heteroatoms. The standard InChI is InChI=1S/C48H56FN7O6S/c1-25-26(2)40(25)45(57)52-36-19-39-51-37(23-63-39)29-17-33-35(20-48(4,5)24-62-47(59)42-30-15-32(16-30)56(53-42)46(36)58)43(55-12-13-61-38(18-29)44(33)55)34-14-28(21-50-41(34)27(3)60-6)8-7-10-54-11-9-31(49)22-54/h14,17-18,21,23,25-27,30-32,36,40,42,53H,9-13,15-16,19-20,22,24H2,1-6H3,(H,52,57)/t25-,26+,27-,30?,31?,32?,36-,40?,42-/m0/s1. The lowest BCUT2D eigenvalue weighted by Gasteiger charge is -2.53. The molecular weight excluding hydrogens is 822 g/mol. The van der Waals surface area contributed by atoms with Crippen LogP contribution >= 0.6 is 11.3 Å². The minimum absolute atomic E-state index is 0.0473. The minimum Gasteiger partial charge on any atom is -0.489 e. The molecule has 11 rings (SSSR count). The fourth-order valence-electron chi connectivity index (χ4n) is 10.4. The monoisotopic (exact) mass is 877 g/mol. The number of nitrogens with zero attached hydrogens (tertiary/aromatic N) is 5. The lowest BCUT2D eigenvalue weighted by atomic mass is 9.73. The Morgan fingerprint density at radius 1 is 1.16 bits per heavy atom. The second-order valence-corrected chi connectivity index (χ2v) is 20.4. The molecule has 2 unspecified atom stereocenters. The van der Waals surface area contributed by atoms with Crippen LogP contribution in [0, 0.1) is 40.9 Å². The van der Waals surface area contributed by atoms with Crippen molar-refractivity contribution < 1.29 is 33.0 Å². The number of cyclic esters (lactones) is 1. The molecule has 4 aromatic rings. The number of amides is 2. The summed E-state index contributed by atoms with van der Waals surface area (Å²) in [6, 6.07) is 4.68. The van der Waals surface area contributed by atoms with Crippen LogP contribution in [0.5, 0.6) is 5.75 Å². The maximum Gasteiger partial charge on any atom is 0.325 e. The van der Waals surface area contributed by atoms with E-state index in [1.165, 1.54) is 11.3 Å². The van der Waals surface area contributed by atoms with Crippen LogP contribution in [-0.2, 0) is 43.2 Å². The first kappa shape index (κ1) is 42.1. The van der Waals surface area contributed by atoms with Crippen LogP contribution in [0.4, 0.5) is 4.39 Å². The van der Waals surface area contributed by atoms with E-state index in [9.17, 15) is 18.8 Å². The van der Waals surface area contributed by atoms with Gasteiger partial charge in [0.05, 0.1) is 53.4 Å². The molecule has 2 amide bonds. The van der Waals surface area contributed by atoms with Crippen molar-refractivity contribution in [1.29, 1.82) is 0 Å². The quantitative estimate of drug-likeness (QED) is 0.179. The number of aromatic nitrogens is 3. The summed E-state index contributed by atoms with van der Waals surface area (Å²) < 4.78 is 34.9. The maximum atomic E-state index is 14.5. The van der Waals surface area contributed by atoms with E-state index in [1.54, 1.807) is 18.3 Å². The number of hydrogen-bond donors (Lipinski definition) is 2. The number of pyridine rings is 1. The van der Waals surface area contributed by atoms with Gasteiger partial charge in [0, 0.05) is 77.6 Å². The van der Waals surface area contributed by atoms with E-state index in [0.29, 0.717) is 63.5 Å². The van der Waals surface area contributed by atoms with Gasteiger partial charge < -0.3 is 24.1 Å². The summed E-state index contributed by atoms with van der Waals surface area (Å²) in [5, 5.41) is 8.41. The van der Waals surface area contributed by atoms with Crippen molar-refractivity contribution in [3.8, 4) is 40.1 Å². The Kier molecular flexibility index (Phi) is 10.9. The third-order valence-electron chi connectivity index (χ3n) is 14.4. The summed E-state index contributed by atoms with van der Waals surface area (Å²) in [7, 11) is 1.68. The average Bonchev–Trinajstić information content (AvgIpc) is 3.65. The van der Waals surface area contributed by atoms with Gasteiger partial charge in [-0.2, -0.15) is 0 Å². The molecule has 332 valence electrons. The Balaban J connectivity index is 1.10. The van der Waals surface area contributed by atoms with Crippen molar-refractivity contribution in [3.05, 3.63) is 51.6 Å². The van der Waals surface area contributed by atoms with Gasteiger partial charge in [-0.3, -0.25) is 29.3 Å². The van der Waals surface area contributed by atoms with Crippen molar-refractivity contribution >= 4 is 40.0 Å². The van der Waals surface area contributed by atoms with E-state index in [2.05, 4.69) is 67.0 Å². The number of hydrazine groups is 1. The number of alkyl halides is 1. The molecule has 7 atom stereocenters. The van der Waals surface area contributed by atoms with Crippen LogP contribution in [0.1, 0.15) is 81.8 Å². The molecule has 3 aromatic heterocycles. The Morgan fingerprint density at radius 3 is 2.71 bits per heavy atom. The first-order valence-electron chi connectivity index (χ1n) is 22.5. The molecule has 1 aromatic carbocycles. The fourth-order valence-corrected chi connectivity index (χ4v) is 11.3. The highest BCUT2D eigenvalue weighted by atomic mass is 32.1. The molecule has 0 spiro atoms. The highest BCUT2D eigenvalue weighted by molar-refractivity contribution is 7.10. The maximum absolute atomic E-state index is 14.5. The summed E-state index contributed by atoms with van der Waals surface area (Å²) in [6.45, 7) is 13.1. The zero-order chi connectivity index (χ0) is 43.9. The van der Waals surface area contributed by atoms with Crippen LogP contribution in [0.3, 0.4) is 0 Å². The fraction of sp³-hybridized carbons (Fsp3) is 0.562. The van der Waals surface area contributed by atoms with Gasteiger partial charge >= 0.3 is 5.97 Å². The zero-order valence-electron chi connectivity index (χ0n) is 36.8. The average molecular weight is 878 g/mol.